The summed E-state index contributed by atoms with van der Waals surface area (Å²) < 4.78 is 7.17. The Bertz CT molecular complexity index is 816. The number of aromatic nitrogens is 3. The minimum atomic E-state index is 0.350. The first-order valence-corrected chi connectivity index (χ1v) is 7.43. The third kappa shape index (κ3) is 3.22. The Morgan fingerprint density at radius 3 is 2.48 bits per heavy atom. The number of nitrogens with zero attached hydrogens (tertiary/aromatic N) is 4. The van der Waals surface area contributed by atoms with Crippen molar-refractivity contribution < 1.29 is 4.74 Å². The second-order valence-corrected chi connectivity index (χ2v) is 5.00. The fourth-order valence-electron chi connectivity index (χ4n) is 2.39. The number of benzene rings is 2. The molecule has 2 aromatic carbocycles. The Balaban J connectivity index is 1.93. The molecule has 0 aliphatic carbocycles. The van der Waals surface area contributed by atoms with Crippen molar-refractivity contribution in [2.45, 2.75) is 13.3 Å². The molecule has 5 heteroatoms. The lowest BCUT2D eigenvalue weighted by molar-refractivity contribution is 0.340. The second kappa shape index (κ2) is 6.75. The first kappa shape index (κ1) is 14.8. The van der Waals surface area contributed by atoms with Gasteiger partial charge in [0.15, 0.2) is 5.69 Å². The van der Waals surface area contributed by atoms with Crippen molar-refractivity contribution in [1.82, 2.24) is 15.0 Å². The predicted molar refractivity (Wildman–Crippen MR) is 86.5 cm³/mol. The highest BCUT2D eigenvalue weighted by Gasteiger charge is 2.14. The molecule has 0 N–H and O–H groups in total. The molecule has 3 rings (SSSR count). The van der Waals surface area contributed by atoms with E-state index in [-0.39, 0.29) is 0 Å². The molecule has 1 aromatic heterocycles. The number of hydrogen-bond donors (Lipinski definition) is 0. The van der Waals surface area contributed by atoms with Gasteiger partial charge in [-0.15, -0.1) is 5.10 Å². The number of rotatable bonds is 5. The topological polar surface area (TPSA) is 63.7 Å². The predicted octanol–water partition coefficient (Wildman–Crippen LogP) is 3.13. The maximum atomic E-state index is 9.28. The van der Waals surface area contributed by atoms with Crippen LogP contribution in [0.1, 0.15) is 23.9 Å². The minimum Gasteiger partial charge on any atom is -0.494 e. The molecule has 0 amide bonds. The van der Waals surface area contributed by atoms with E-state index in [2.05, 4.69) is 16.4 Å². The summed E-state index contributed by atoms with van der Waals surface area (Å²) in [5, 5.41) is 17.4. The summed E-state index contributed by atoms with van der Waals surface area (Å²) in [6.07, 6.45) is 0.581. The van der Waals surface area contributed by atoms with Crippen LogP contribution in [0, 0.1) is 11.3 Å². The lowest BCUT2D eigenvalue weighted by Crippen LogP contribution is -2.04. The number of ether oxygens (including phenoxy) is 1. The second-order valence-electron chi connectivity index (χ2n) is 5.00. The molecule has 0 aliphatic rings. The van der Waals surface area contributed by atoms with Crippen LogP contribution < -0.4 is 4.74 Å². The van der Waals surface area contributed by atoms with Gasteiger partial charge in [0, 0.05) is 6.42 Å². The molecule has 0 atom stereocenters. The molecule has 114 valence electrons. The molecule has 0 saturated heterocycles. The molecule has 0 spiro atoms. The largest absolute Gasteiger partial charge is 0.494 e. The Morgan fingerprint density at radius 1 is 1.09 bits per heavy atom. The van der Waals surface area contributed by atoms with Gasteiger partial charge in [0.25, 0.3) is 0 Å². The monoisotopic (exact) mass is 304 g/mol. The maximum absolute atomic E-state index is 9.28. The van der Waals surface area contributed by atoms with E-state index in [1.54, 1.807) is 4.68 Å². The molecule has 0 aliphatic heterocycles. The molecule has 23 heavy (non-hydrogen) atoms. The standard InChI is InChI=1S/C18H16N4O/c1-2-23-16-10-8-14(9-11-16)12-18-17(13-19)20-21-22(18)15-6-4-3-5-7-15/h3-11H,2,12H2,1H3. The quantitative estimate of drug-likeness (QED) is 0.726. The van der Waals surface area contributed by atoms with Crippen LogP contribution in [0.25, 0.3) is 5.69 Å². The zero-order chi connectivity index (χ0) is 16.1. The average molecular weight is 304 g/mol. The first-order valence-electron chi connectivity index (χ1n) is 7.43. The van der Waals surface area contributed by atoms with Gasteiger partial charge in [0.2, 0.25) is 0 Å². The molecule has 5 nitrogen and oxygen atoms in total. The van der Waals surface area contributed by atoms with Gasteiger partial charge in [0.1, 0.15) is 11.8 Å². The number of para-hydroxylation sites is 1. The van der Waals surface area contributed by atoms with E-state index in [4.69, 9.17) is 4.74 Å². The Labute approximate surface area is 134 Å². The summed E-state index contributed by atoms with van der Waals surface area (Å²) in [4.78, 5) is 0. The van der Waals surface area contributed by atoms with Crippen LogP contribution in [0.15, 0.2) is 54.6 Å². The van der Waals surface area contributed by atoms with E-state index in [9.17, 15) is 5.26 Å². The highest BCUT2D eigenvalue weighted by molar-refractivity contribution is 5.39. The van der Waals surface area contributed by atoms with Gasteiger partial charge in [-0.05, 0) is 36.8 Å². The van der Waals surface area contributed by atoms with Crippen molar-refractivity contribution in [2.24, 2.45) is 0 Å². The van der Waals surface area contributed by atoms with Crippen LogP contribution in [-0.4, -0.2) is 21.6 Å². The van der Waals surface area contributed by atoms with Gasteiger partial charge >= 0.3 is 0 Å². The van der Waals surface area contributed by atoms with E-state index in [0.29, 0.717) is 18.7 Å². The van der Waals surface area contributed by atoms with Crippen LogP contribution in [0.2, 0.25) is 0 Å². The minimum absolute atomic E-state index is 0.350. The zero-order valence-electron chi connectivity index (χ0n) is 12.8. The van der Waals surface area contributed by atoms with Crippen LogP contribution in [0.3, 0.4) is 0 Å². The molecule has 0 bridgehead atoms. The molecular weight excluding hydrogens is 288 g/mol. The fraction of sp³-hybridized carbons (Fsp3) is 0.167. The Kier molecular flexibility index (Phi) is 4.34. The number of nitriles is 1. The summed E-state index contributed by atoms with van der Waals surface area (Å²) in [6.45, 7) is 2.60. The van der Waals surface area contributed by atoms with Gasteiger partial charge in [-0.1, -0.05) is 35.5 Å². The van der Waals surface area contributed by atoms with Gasteiger partial charge in [0.05, 0.1) is 18.0 Å². The zero-order valence-corrected chi connectivity index (χ0v) is 12.8. The molecule has 0 saturated carbocycles. The smallest absolute Gasteiger partial charge is 0.186 e. The highest BCUT2D eigenvalue weighted by atomic mass is 16.5. The molecule has 0 radical (unpaired) electrons. The SMILES string of the molecule is CCOc1ccc(Cc2c(C#N)nnn2-c2ccccc2)cc1. The van der Waals surface area contributed by atoms with Gasteiger partial charge in [-0.3, -0.25) is 0 Å². The Morgan fingerprint density at radius 2 is 1.83 bits per heavy atom. The van der Waals surface area contributed by atoms with Crippen LogP contribution in [0.4, 0.5) is 0 Å². The normalized spacial score (nSPS) is 10.3. The van der Waals surface area contributed by atoms with Crippen molar-refractivity contribution in [3.05, 3.63) is 71.5 Å². The molecule has 1 heterocycles. The van der Waals surface area contributed by atoms with E-state index in [1.165, 1.54) is 0 Å². The van der Waals surface area contributed by atoms with Crippen LogP contribution in [-0.2, 0) is 6.42 Å². The van der Waals surface area contributed by atoms with E-state index >= 15 is 0 Å². The third-order valence-electron chi connectivity index (χ3n) is 3.48. The van der Waals surface area contributed by atoms with E-state index < -0.39 is 0 Å². The summed E-state index contributed by atoms with van der Waals surface area (Å²) >= 11 is 0. The summed E-state index contributed by atoms with van der Waals surface area (Å²) in [6, 6.07) is 19.7. The molecule has 0 unspecified atom stereocenters. The first-order chi connectivity index (χ1) is 11.3. The third-order valence-corrected chi connectivity index (χ3v) is 3.48. The van der Waals surface area contributed by atoms with Crippen LogP contribution >= 0.6 is 0 Å². The van der Waals surface area contributed by atoms with Crippen LogP contribution in [0.5, 0.6) is 5.75 Å². The van der Waals surface area contributed by atoms with Crippen molar-refractivity contribution in [3.8, 4) is 17.5 Å². The molecule has 0 fully saturated rings. The lowest BCUT2D eigenvalue weighted by Gasteiger charge is -2.08. The lowest BCUT2D eigenvalue weighted by atomic mass is 10.1. The van der Waals surface area contributed by atoms with Gasteiger partial charge in [-0.2, -0.15) is 5.26 Å². The average Bonchev–Trinajstić information content (AvgIpc) is 3.00. The maximum Gasteiger partial charge on any atom is 0.186 e. The summed E-state index contributed by atoms with van der Waals surface area (Å²) in [5.41, 5.74) is 3.09. The van der Waals surface area contributed by atoms with E-state index in [0.717, 1.165) is 22.7 Å². The summed E-state index contributed by atoms with van der Waals surface area (Å²) in [5.74, 6) is 0.839. The van der Waals surface area contributed by atoms with Crippen molar-refractivity contribution >= 4 is 0 Å². The molecule has 3 aromatic rings. The summed E-state index contributed by atoms with van der Waals surface area (Å²) in [7, 11) is 0. The van der Waals surface area contributed by atoms with E-state index in [1.807, 2.05) is 61.5 Å². The molecular formula is C18H16N4O. The van der Waals surface area contributed by atoms with Crippen molar-refractivity contribution in [3.63, 3.8) is 0 Å². The van der Waals surface area contributed by atoms with Crippen molar-refractivity contribution in [2.75, 3.05) is 6.61 Å². The number of hydrogen-bond acceptors (Lipinski definition) is 4. The fourth-order valence-corrected chi connectivity index (χ4v) is 2.39. The van der Waals surface area contributed by atoms with Crippen molar-refractivity contribution in [1.29, 1.82) is 5.26 Å². The highest BCUT2D eigenvalue weighted by Crippen LogP contribution is 2.19. The van der Waals surface area contributed by atoms with Gasteiger partial charge in [-0.25, -0.2) is 4.68 Å². The van der Waals surface area contributed by atoms with Gasteiger partial charge < -0.3 is 4.74 Å². The Hall–Kier alpha value is -3.13.